The Balaban J connectivity index is 1.70. The summed E-state index contributed by atoms with van der Waals surface area (Å²) in [7, 11) is -1.00. The zero-order valence-corrected chi connectivity index (χ0v) is 14.0. The third-order valence-electron chi connectivity index (χ3n) is 5.35. The molecule has 1 atom stereocenters. The van der Waals surface area contributed by atoms with Crippen molar-refractivity contribution in [2.45, 2.75) is 25.3 Å². The van der Waals surface area contributed by atoms with Crippen LogP contribution in [0.4, 0.5) is 0 Å². The molecule has 1 spiro atoms. The van der Waals surface area contributed by atoms with Crippen LogP contribution in [-0.2, 0) is 9.20 Å². The lowest BCUT2D eigenvalue weighted by Gasteiger charge is -2.47. The molecule has 0 saturated carbocycles. The van der Waals surface area contributed by atoms with Gasteiger partial charge in [0.15, 0.2) is 0 Å². The van der Waals surface area contributed by atoms with Crippen LogP contribution in [-0.4, -0.2) is 52.2 Å². The Hall–Kier alpha value is -1.53. The van der Waals surface area contributed by atoms with E-state index in [0.29, 0.717) is 13.2 Å². The van der Waals surface area contributed by atoms with E-state index in [-0.39, 0.29) is 16.9 Å². The summed E-state index contributed by atoms with van der Waals surface area (Å²) < 4.78 is 16.8. The van der Waals surface area contributed by atoms with E-state index in [1.165, 1.54) is 0 Å². The molecule has 22 heavy (non-hydrogen) atoms. The van der Waals surface area contributed by atoms with E-state index >= 15 is 0 Å². The summed E-state index contributed by atoms with van der Waals surface area (Å²) in [5.41, 5.74) is 0.482. The van der Waals surface area contributed by atoms with Gasteiger partial charge in [-0.1, -0.05) is 18.2 Å². The molecule has 1 N–H and O–H groups in total. The van der Waals surface area contributed by atoms with Crippen molar-refractivity contribution >= 4 is 15.5 Å². The predicted molar refractivity (Wildman–Crippen MR) is 84.2 cm³/mol. The number of nitrogens with one attached hydrogen (secondary N) is 1. The standard InChI is InChI=1S/C16H22N2O3Si/c1-15(17-22-20)11-21-12-16(15)7-9-18(10-8-16)14(19)13-5-3-2-4-6-13/h2-6,17,22H,7-12H2,1H3. The van der Waals surface area contributed by atoms with Crippen LogP contribution in [0.3, 0.4) is 0 Å². The lowest BCUT2D eigenvalue weighted by molar-refractivity contribution is 0.0400. The fraction of sp³-hybridized carbons (Fsp3) is 0.562. The highest BCUT2D eigenvalue weighted by atomic mass is 28.2. The van der Waals surface area contributed by atoms with E-state index in [4.69, 9.17) is 4.74 Å². The van der Waals surface area contributed by atoms with E-state index in [9.17, 15) is 9.26 Å². The SMILES string of the molecule is CC1(N[SiH]=O)COCC12CCN(C(=O)c1ccccc1)CC2. The Morgan fingerprint density at radius 3 is 2.55 bits per heavy atom. The van der Waals surface area contributed by atoms with Gasteiger partial charge in [-0.3, -0.25) is 4.79 Å². The summed E-state index contributed by atoms with van der Waals surface area (Å²) >= 11 is 0. The van der Waals surface area contributed by atoms with E-state index < -0.39 is 9.57 Å². The molecule has 1 aromatic carbocycles. The number of rotatable bonds is 3. The molecule has 2 aliphatic heterocycles. The number of likely N-dealkylation sites (tertiary alicyclic amines) is 1. The van der Waals surface area contributed by atoms with E-state index in [2.05, 4.69) is 11.9 Å². The van der Waals surface area contributed by atoms with E-state index in [0.717, 1.165) is 31.5 Å². The maximum atomic E-state index is 12.5. The van der Waals surface area contributed by atoms with Crippen molar-refractivity contribution in [1.82, 2.24) is 9.88 Å². The summed E-state index contributed by atoms with van der Waals surface area (Å²) in [6.07, 6.45) is 1.77. The van der Waals surface area contributed by atoms with Crippen LogP contribution in [0.25, 0.3) is 0 Å². The van der Waals surface area contributed by atoms with Crippen molar-refractivity contribution in [2.24, 2.45) is 5.41 Å². The average molecular weight is 318 g/mol. The van der Waals surface area contributed by atoms with E-state index in [1.54, 1.807) is 0 Å². The van der Waals surface area contributed by atoms with Gasteiger partial charge >= 0.3 is 9.57 Å². The Bertz CT molecular complexity index is 558. The van der Waals surface area contributed by atoms with Gasteiger partial charge < -0.3 is 19.1 Å². The number of amides is 1. The normalized spacial score (nSPS) is 26.9. The number of hydrogen-bond acceptors (Lipinski definition) is 3. The van der Waals surface area contributed by atoms with Crippen molar-refractivity contribution in [1.29, 1.82) is 0 Å². The van der Waals surface area contributed by atoms with Crippen molar-refractivity contribution in [2.75, 3.05) is 26.3 Å². The van der Waals surface area contributed by atoms with Crippen molar-refractivity contribution < 1.29 is 14.0 Å². The average Bonchev–Trinajstić information content (AvgIpc) is 2.85. The van der Waals surface area contributed by atoms with E-state index in [1.807, 2.05) is 35.2 Å². The topological polar surface area (TPSA) is 58.6 Å². The van der Waals surface area contributed by atoms with Crippen LogP contribution in [0.5, 0.6) is 0 Å². The molecule has 118 valence electrons. The highest BCUT2D eigenvalue weighted by Gasteiger charge is 2.54. The Morgan fingerprint density at radius 1 is 1.23 bits per heavy atom. The third kappa shape index (κ3) is 2.50. The first-order valence-corrected chi connectivity index (χ1v) is 8.79. The largest absolute Gasteiger partial charge is 0.384 e. The molecule has 1 aromatic rings. The van der Waals surface area contributed by atoms with Crippen LogP contribution in [0.15, 0.2) is 30.3 Å². The van der Waals surface area contributed by atoms with Gasteiger partial charge in [0.25, 0.3) is 5.91 Å². The van der Waals surface area contributed by atoms with Gasteiger partial charge in [-0.2, -0.15) is 0 Å². The minimum atomic E-state index is -1.00. The van der Waals surface area contributed by atoms with Crippen LogP contribution in [0.2, 0.25) is 0 Å². The lowest BCUT2D eigenvalue weighted by atomic mass is 9.67. The number of piperidine rings is 1. The molecular weight excluding hydrogens is 296 g/mol. The predicted octanol–water partition coefficient (Wildman–Crippen LogP) is 0.984. The van der Waals surface area contributed by atoms with Gasteiger partial charge in [-0.15, -0.1) is 0 Å². The minimum absolute atomic E-state index is 0.0160. The highest BCUT2D eigenvalue weighted by molar-refractivity contribution is 6.13. The smallest absolute Gasteiger partial charge is 0.377 e. The molecule has 1 amide bonds. The Labute approximate surface area is 133 Å². The molecular formula is C16H22N2O3Si. The first-order valence-electron chi connectivity index (χ1n) is 7.74. The fourth-order valence-electron chi connectivity index (χ4n) is 3.68. The second-order valence-electron chi connectivity index (χ2n) is 6.53. The summed E-state index contributed by atoms with van der Waals surface area (Å²) in [5, 5.41) is 0. The van der Waals surface area contributed by atoms with Gasteiger partial charge in [0, 0.05) is 24.1 Å². The number of benzene rings is 1. The van der Waals surface area contributed by atoms with Gasteiger partial charge in [0.2, 0.25) is 0 Å². The number of hydrogen-bond donors (Lipinski definition) is 1. The zero-order chi connectivity index (χ0) is 15.6. The molecule has 2 aliphatic rings. The summed E-state index contributed by atoms with van der Waals surface area (Å²) in [6.45, 7) is 4.82. The van der Waals surface area contributed by atoms with Crippen molar-refractivity contribution in [3.05, 3.63) is 35.9 Å². The lowest BCUT2D eigenvalue weighted by Crippen LogP contribution is -2.59. The van der Waals surface area contributed by atoms with Crippen LogP contribution in [0, 0.1) is 5.41 Å². The van der Waals surface area contributed by atoms with Crippen LogP contribution < -0.4 is 4.98 Å². The molecule has 1 unspecified atom stereocenters. The van der Waals surface area contributed by atoms with Crippen molar-refractivity contribution in [3.63, 3.8) is 0 Å². The first kappa shape index (κ1) is 15.4. The van der Waals surface area contributed by atoms with Gasteiger partial charge in [0.1, 0.15) is 0 Å². The van der Waals surface area contributed by atoms with Gasteiger partial charge in [-0.25, -0.2) is 0 Å². The summed E-state index contributed by atoms with van der Waals surface area (Å²) in [4.78, 5) is 17.6. The van der Waals surface area contributed by atoms with Gasteiger partial charge in [-0.05, 0) is 31.9 Å². The monoisotopic (exact) mass is 318 g/mol. The maximum absolute atomic E-state index is 12.5. The molecule has 6 heteroatoms. The van der Waals surface area contributed by atoms with Crippen molar-refractivity contribution in [3.8, 4) is 0 Å². The molecule has 3 rings (SSSR count). The maximum Gasteiger partial charge on any atom is 0.377 e. The second kappa shape index (κ2) is 5.93. The van der Waals surface area contributed by atoms with Crippen LogP contribution >= 0.6 is 0 Å². The van der Waals surface area contributed by atoms with Crippen LogP contribution in [0.1, 0.15) is 30.1 Å². The first-order chi connectivity index (χ1) is 10.6. The molecule has 0 aromatic heterocycles. The Kier molecular flexibility index (Phi) is 4.14. The summed E-state index contributed by atoms with van der Waals surface area (Å²) in [5.74, 6) is 0.0958. The fourth-order valence-corrected chi connectivity index (χ4v) is 4.33. The quantitative estimate of drug-likeness (QED) is 0.844. The number of ether oxygens (including phenoxy) is 1. The molecule has 0 bridgehead atoms. The minimum Gasteiger partial charge on any atom is -0.384 e. The molecule has 0 aliphatic carbocycles. The third-order valence-corrected chi connectivity index (χ3v) is 6.10. The molecule has 2 fully saturated rings. The molecule has 2 heterocycles. The molecule has 0 radical (unpaired) electrons. The second-order valence-corrected chi connectivity index (χ2v) is 7.05. The Morgan fingerprint density at radius 2 is 1.91 bits per heavy atom. The number of carbonyl (C=O) groups excluding carboxylic acids is 1. The number of carbonyl (C=O) groups is 1. The van der Waals surface area contributed by atoms with Gasteiger partial charge in [0.05, 0.1) is 18.8 Å². The molecule has 2 saturated heterocycles. The molecule has 5 nitrogen and oxygen atoms in total. The highest BCUT2D eigenvalue weighted by Crippen LogP contribution is 2.46. The number of nitrogens with zero attached hydrogens (tertiary/aromatic N) is 1. The zero-order valence-electron chi connectivity index (χ0n) is 12.9. The summed E-state index contributed by atoms with van der Waals surface area (Å²) in [6, 6.07) is 9.42.